The fourth-order valence-electron chi connectivity index (χ4n) is 1.53. The molecule has 3 nitrogen and oxygen atoms in total. The number of amides is 1. The Balaban J connectivity index is 2.22. The molecule has 0 aromatic heterocycles. The van der Waals surface area contributed by atoms with E-state index in [1.807, 2.05) is 18.2 Å². The van der Waals surface area contributed by atoms with Crippen molar-refractivity contribution < 1.29 is 9.90 Å². The van der Waals surface area contributed by atoms with Gasteiger partial charge in [0.1, 0.15) is 0 Å². The van der Waals surface area contributed by atoms with Crippen molar-refractivity contribution in [2.24, 2.45) is 0 Å². The summed E-state index contributed by atoms with van der Waals surface area (Å²) in [6.07, 6.45) is 0.127. The topological polar surface area (TPSA) is 49.3 Å². The summed E-state index contributed by atoms with van der Waals surface area (Å²) in [6, 6.07) is 5.68. The quantitative estimate of drug-likeness (QED) is 0.772. The van der Waals surface area contributed by atoms with Gasteiger partial charge in [-0.2, -0.15) is 0 Å². The van der Waals surface area contributed by atoms with Crippen LogP contribution in [0.3, 0.4) is 0 Å². The summed E-state index contributed by atoms with van der Waals surface area (Å²) in [7, 11) is 0. The number of carbonyl (C=O) groups excluding carboxylic acids is 1. The van der Waals surface area contributed by atoms with Crippen molar-refractivity contribution in [3.63, 3.8) is 0 Å². The average molecular weight is 223 g/mol. The van der Waals surface area contributed by atoms with Crippen molar-refractivity contribution in [3.8, 4) is 0 Å². The Morgan fingerprint density at radius 2 is 2.33 bits per heavy atom. The molecule has 0 saturated carbocycles. The van der Waals surface area contributed by atoms with Gasteiger partial charge in [-0.25, -0.2) is 0 Å². The lowest BCUT2D eigenvalue weighted by Crippen LogP contribution is -2.10. The Labute approximate surface area is 92.9 Å². The summed E-state index contributed by atoms with van der Waals surface area (Å²) in [5.41, 5.74) is 1.43. The lowest BCUT2D eigenvalue weighted by atomic mass is 10.1. The normalized spacial score (nSPS) is 18.8. The minimum Gasteiger partial charge on any atom is -0.378 e. The first-order chi connectivity index (χ1) is 7.22. The first-order valence-corrected chi connectivity index (χ1v) is 5.96. The van der Waals surface area contributed by atoms with Gasteiger partial charge in [0, 0.05) is 16.1 Å². The molecular weight excluding hydrogens is 210 g/mol. The molecule has 15 heavy (non-hydrogen) atoms. The fourth-order valence-corrected chi connectivity index (χ4v) is 2.34. The standard InChI is InChI=1S/C11H13NO2S/c1-2-5-15-7-3-4-8-9(6-7)12-11(14)10(8)13/h3-4,6,10,13H,2,5H2,1H3,(H,12,14). The molecule has 4 heteroatoms. The van der Waals surface area contributed by atoms with E-state index in [2.05, 4.69) is 12.2 Å². The predicted molar refractivity (Wildman–Crippen MR) is 61.0 cm³/mol. The Kier molecular flexibility index (Phi) is 2.98. The molecule has 1 aliphatic heterocycles. The molecule has 1 atom stereocenters. The van der Waals surface area contributed by atoms with E-state index in [9.17, 15) is 9.90 Å². The van der Waals surface area contributed by atoms with Crippen molar-refractivity contribution in [2.75, 3.05) is 11.1 Å². The van der Waals surface area contributed by atoms with Crippen molar-refractivity contribution in [1.82, 2.24) is 0 Å². The predicted octanol–water partition coefficient (Wildman–Crippen LogP) is 2.17. The number of hydrogen-bond acceptors (Lipinski definition) is 3. The van der Waals surface area contributed by atoms with Gasteiger partial charge in [-0.3, -0.25) is 4.79 Å². The largest absolute Gasteiger partial charge is 0.378 e. The van der Waals surface area contributed by atoms with Crippen LogP contribution in [0.5, 0.6) is 0 Å². The molecule has 1 amide bonds. The fraction of sp³-hybridized carbons (Fsp3) is 0.364. The number of rotatable bonds is 3. The molecular formula is C11H13NO2S. The Morgan fingerprint density at radius 1 is 1.53 bits per heavy atom. The van der Waals surface area contributed by atoms with Gasteiger partial charge in [-0.15, -0.1) is 11.8 Å². The van der Waals surface area contributed by atoms with E-state index in [4.69, 9.17) is 0 Å². The summed E-state index contributed by atoms with van der Waals surface area (Å²) in [5.74, 6) is 0.734. The minimum absolute atomic E-state index is 0.331. The monoisotopic (exact) mass is 223 g/mol. The second kappa shape index (κ2) is 4.24. The van der Waals surface area contributed by atoms with Gasteiger partial charge >= 0.3 is 0 Å². The second-order valence-corrected chi connectivity index (χ2v) is 4.66. The number of carbonyl (C=O) groups is 1. The highest BCUT2D eigenvalue weighted by atomic mass is 32.2. The maximum Gasteiger partial charge on any atom is 0.257 e. The number of thioether (sulfide) groups is 1. The van der Waals surface area contributed by atoms with Gasteiger partial charge in [0.15, 0.2) is 6.10 Å². The van der Waals surface area contributed by atoms with Crippen LogP contribution in [0.1, 0.15) is 25.0 Å². The Bertz CT molecular complexity index is 392. The zero-order valence-electron chi connectivity index (χ0n) is 8.49. The summed E-state index contributed by atoms with van der Waals surface area (Å²) in [5, 5.41) is 12.2. The molecule has 1 aliphatic rings. The molecule has 2 rings (SSSR count). The van der Waals surface area contributed by atoms with E-state index < -0.39 is 6.10 Å². The molecule has 0 spiro atoms. The van der Waals surface area contributed by atoms with E-state index >= 15 is 0 Å². The van der Waals surface area contributed by atoms with Crippen LogP contribution in [-0.2, 0) is 4.79 Å². The van der Waals surface area contributed by atoms with Crippen molar-refractivity contribution in [1.29, 1.82) is 0 Å². The van der Waals surface area contributed by atoms with Gasteiger partial charge in [0.2, 0.25) is 0 Å². The van der Waals surface area contributed by atoms with Crippen LogP contribution in [0, 0.1) is 0 Å². The Hall–Kier alpha value is -1.00. The Morgan fingerprint density at radius 3 is 3.07 bits per heavy atom. The van der Waals surface area contributed by atoms with E-state index in [1.165, 1.54) is 0 Å². The zero-order chi connectivity index (χ0) is 10.8. The van der Waals surface area contributed by atoms with Crippen LogP contribution in [0.25, 0.3) is 0 Å². The van der Waals surface area contributed by atoms with Gasteiger partial charge in [0.25, 0.3) is 5.91 Å². The molecule has 1 heterocycles. The van der Waals surface area contributed by atoms with Crippen LogP contribution < -0.4 is 5.32 Å². The second-order valence-electron chi connectivity index (χ2n) is 3.49. The molecule has 0 saturated heterocycles. The molecule has 0 bridgehead atoms. The molecule has 80 valence electrons. The average Bonchev–Trinajstić information content (AvgIpc) is 2.52. The van der Waals surface area contributed by atoms with Crippen LogP contribution >= 0.6 is 11.8 Å². The van der Waals surface area contributed by atoms with Crippen molar-refractivity contribution >= 4 is 23.4 Å². The molecule has 2 N–H and O–H groups in total. The minimum atomic E-state index is -0.995. The third-order valence-electron chi connectivity index (χ3n) is 2.30. The molecule has 1 unspecified atom stereocenters. The highest BCUT2D eigenvalue weighted by Crippen LogP contribution is 2.34. The van der Waals surface area contributed by atoms with Gasteiger partial charge in [-0.05, 0) is 24.3 Å². The lowest BCUT2D eigenvalue weighted by Gasteiger charge is -2.03. The summed E-state index contributed by atoms with van der Waals surface area (Å²) >= 11 is 1.76. The molecule has 0 aliphatic carbocycles. The third kappa shape index (κ3) is 2.01. The lowest BCUT2D eigenvalue weighted by molar-refractivity contribution is -0.123. The smallest absolute Gasteiger partial charge is 0.257 e. The number of fused-ring (bicyclic) bond motifs is 1. The number of hydrogen-bond donors (Lipinski definition) is 2. The van der Waals surface area contributed by atoms with Crippen LogP contribution in [0.4, 0.5) is 5.69 Å². The van der Waals surface area contributed by atoms with Crippen molar-refractivity contribution in [3.05, 3.63) is 23.8 Å². The first-order valence-electron chi connectivity index (χ1n) is 4.98. The van der Waals surface area contributed by atoms with Crippen LogP contribution in [0.15, 0.2) is 23.1 Å². The van der Waals surface area contributed by atoms with E-state index in [1.54, 1.807) is 11.8 Å². The van der Waals surface area contributed by atoms with Gasteiger partial charge < -0.3 is 10.4 Å². The molecule has 0 fully saturated rings. The highest BCUT2D eigenvalue weighted by molar-refractivity contribution is 7.99. The number of benzene rings is 1. The van der Waals surface area contributed by atoms with E-state index in [0.717, 1.165) is 22.8 Å². The zero-order valence-corrected chi connectivity index (χ0v) is 9.30. The van der Waals surface area contributed by atoms with Crippen LogP contribution in [0.2, 0.25) is 0 Å². The summed E-state index contributed by atoms with van der Waals surface area (Å²) < 4.78 is 0. The van der Waals surface area contributed by atoms with Gasteiger partial charge in [-0.1, -0.05) is 13.0 Å². The van der Waals surface area contributed by atoms with Crippen LogP contribution in [-0.4, -0.2) is 16.8 Å². The first kappa shape index (κ1) is 10.5. The molecule has 0 radical (unpaired) electrons. The molecule has 1 aromatic rings. The maximum atomic E-state index is 11.2. The third-order valence-corrected chi connectivity index (χ3v) is 3.50. The molecule has 1 aromatic carbocycles. The number of aliphatic hydroxyl groups excluding tert-OH is 1. The number of anilines is 1. The summed E-state index contributed by atoms with van der Waals surface area (Å²) in [4.78, 5) is 12.3. The summed E-state index contributed by atoms with van der Waals surface area (Å²) in [6.45, 7) is 2.13. The van der Waals surface area contributed by atoms with E-state index in [-0.39, 0.29) is 5.91 Å². The SMILES string of the molecule is CCCSc1ccc2c(c1)NC(=O)C2O. The van der Waals surface area contributed by atoms with E-state index in [0.29, 0.717) is 5.56 Å². The maximum absolute atomic E-state index is 11.2. The highest BCUT2D eigenvalue weighted by Gasteiger charge is 2.28. The van der Waals surface area contributed by atoms with Crippen molar-refractivity contribution in [2.45, 2.75) is 24.3 Å². The van der Waals surface area contributed by atoms with Gasteiger partial charge in [0.05, 0.1) is 0 Å². The number of aliphatic hydroxyl groups is 1. The number of nitrogens with one attached hydrogen (secondary N) is 1.